The van der Waals surface area contributed by atoms with Crippen LogP contribution in [-0.4, -0.2) is 33.1 Å². The highest BCUT2D eigenvalue weighted by Crippen LogP contribution is 2.20. The number of aromatic nitrogens is 2. The van der Waals surface area contributed by atoms with Crippen molar-refractivity contribution < 1.29 is 9.90 Å². The largest absolute Gasteiger partial charge is 0.391 e. The third kappa shape index (κ3) is 2.33. The van der Waals surface area contributed by atoms with Gasteiger partial charge in [0.1, 0.15) is 5.52 Å². The number of H-pyrrole nitrogens is 1. The van der Waals surface area contributed by atoms with Gasteiger partial charge in [0, 0.05) is 12.4 Å². The van der Waals surface area contributed by atoms with Crippen molar-refractivity contribution in [3.8, 4) is 0 Å². The Morgan fingerprint density at radius 1 is 1.42 bits per heavy atom. The van der Waals surface area contributed by atoms with Gasteiger partial charge in [-0.15, -0.1) is 0 Å². The van der Waals surface area contributed by atoms with E-state index >= 15 is 0 Å². The fourth-order valence-electron chi connectivity index (χ4n) is 2.65. The molecule has 0 unspecified atom stereocenters. The van der Waals surface area contributed by atoms with E-state index in [1.54, 1.807) is 12.4 Å². The molecule has 2 atom stereocenters. The predicted molar refractivity (Wildman–Crippen MR) is 71.8 cm³/mol. The van der Waals surface area contributed by atoms with E-state index in [0.717, 1.165) is 31.2 Å². The van der Waals surface area contributed by atoms with Gasteiger partial charge >= 0.3 is 0 Å². The molecule has 3 rings (SSSR count). The highest BCUT2D eigenvalue weighted by Gasteiger charge is 2.25. The molecule has 3 N–H and O–H groups in total. The van der Waals surface area contributed by atoms with Crippen molar-refractivity contribution in [2.75, 3.05) is 0 Å². The Morgan fingerprint density at radius 2 is 2.26 bits per heavy atom. The molecule has 19 heavy (non-hydrogen) atoms. The first-order valence-electron chi connectivity index (χ1n) is 6.67. The molecule has 2 aromatic rings. The first-order chi connectivity index (χ1) is 9.25. The van der Waals surface area contributed by atoms with Gasteiger partial charge in [-0.25, -0.2) is 0 Å². The van der Waals surface area contributed by atoms with Crippen molar-refractivity contribution >= 4 is 16.9 Å². The number of fused-ring (bicyclic) bond motifs is 1. The number of aliphatic hydroxyl groups excluding tert-OH is 1. The van der Waals surface area contributed by atoms with Crippen LogP contribution in [0.3, 0.4) is 0 Å². The molecule has 0 radical (unpaired) electrons. The number of aliphatic hydroxyl groups is 1. The summed E-state index contributed by atoms with van der Waals surface area (Å²) in [5, 5.41) is 12.8. The molecule has 1 aliphatic carbocycles. The molecular weight excluding hydrogens is 242 g/mol. The zero-order chi connectivity index (χ0) is 13.2. The van der Waals surface area contributed by atoms with Gasteiger partial charge in [0.15, 0.2) is 0 Å². The van der Waals surface area contributed by atoms with E-state index < -0.39 is 6.10 Å². The van der Waals surface area contributed by atoms with E-state index in [-0.39, 0.29) is 11.9 Å². The third-order valence-electron chi connectivity index (χ3n) is 3.73. The minimum absolute atomic E-state index is 0.144. The Morgan fingerprint density at radius 3 is 3.11 bits per heavy atom. The average molecular weight is 259 g/mol. The number of nitrogens with one attached hydrogen (secondary N) is 2. The second-order valence-corrected chi connectivity index (χ2v) is 5.03. The SMILES string of the molecule is O=C(N[C@@H]1CCCC[C@H]1O)c1c[nH]c2cccnc12. The number of nitrogens with zero attached hydrogens (tertiary/aromatic N) is 1. The summed E-state index contributed by atoms with van der Waals surface area (Å²) in [4.78, 5) is 19.5. The summed E-state index contributed by atoms with van der Waals surface area (Å²) in [5.41, 5.74) is 2.05. The van der Waals surface area contributed by atoms with E-state index in [4.69, 9.17) is 0 Å². The summed E-state index contributed by atoms with van der Waals surface area (Å²) in [5.74, 6) is -0.170. The fraction of sp³-hybridized carbons (Fsp3) is 0.429. The predicted octanol–water partition coefficient (Wildman–Crippen LogP) is 1.60. The lowest BCUT2D eigenvalue weighted by Gasteiger charge is -2.28. The molecule has 0 bridgehead atoms. The molecule has 0 spiro atoms. The van der Waals surface area contributed by atoms with Gasteiger partial charge in [0.2, 0.25) is 0 Å². The molecule has 5 heteroatoms. The lowest BCUT2D eigenvalue weighted by molar-refractivity contribution is 0.0718. The van der Waals surface area contributed by atoms with Gasteiger partial charge in [0.05, 0.1) is 23.2 Å². The Bertz CT molecular complexity index is 593. The van der Waals surface area contributed by atoms with Crippen molar-refractivity contribution in [2.45, 2.75) is 37.8 Å². The van der Waals surface area contributed by atoms with Crippen LogP contribution in [0.25, 0.3) is 11.0 Å². The molecule has 1 aliphatic rings. The molecule has 100 valence electrons. The quantitative estimate of drug-likeness (QED) is 0.766. The van der Waals surface area contributed by atoms with E-state index in [1.807, 2.05) is 12.1 Å². The van der Waals surface area contributed by atoms with Crippen LogP contribution in [0.4, 0.5) is 0 Å². The number of carbonyl (C=O) groups is 1. The number of hydrogen-bond acceptors (Lipinski definition) is 3. The van der Waals surface area contributed by atoms with E-state index in [9.17, 15) is 9.90 Å². The summed E-state index contributed by atoms with van der Waals surface area (Å²) in [6.07, 6.45) is 6.58. The van der Waals surface area contributed by atoms with Crippen molar-refractivity contribution in [3.05, 3.63) is 30.1 Å². The second kappa shape index (κ2) is 5.01. The van der Waals surface area contributed by atoms with Crippen LogP contribution < -0.4 is 5.32 Å². The highest BCUT2D eigenvalue weighted by molar-refractivity contribution is 6.05. The van der Waals surface area contributed by atoms with Crippen LogP contribution in [0.2, 0.25) is 0 Å². The molecule has 5 nitrogen and oxygen atoms in total. The fourth-order valence-corrected chi connectivity index (χ4v) is 2.65. The topological polar surface area (TPSA) is 78.0 Å². The van der Waals surface area contributed by atoms with Gasteiger partial charge in [-0.2, -0.15) is 0 Å². The summed E-state index contributed by atoms with van der Waals surface area (Å²) in [6.45, 7) is 0. The zero-order valence-electron chi connectivity index (χ0n) is 10.6. The monoisotopic (exact) mass is 259 g/mol. The summed E-state index contributed by atoms with van der Waals surface area (Å²) in [6, 6.07) is 3.56. The molecule has 0 aromatic carbocycles. The number of hydrogen-bond donors (Lipinski definition) is 3. The Hall–Kier alpha value is -1.88. The highest BCUT2D eigenvalue weighted by atomic mass is 16.3. The van der Waals surface area contributed by atoms with Crippen LogP contribution >= 0.6 is 0 Å². The van der Waals surface area contributed by atoms with E-state index in [0.29, 0.717) is 11.1 Å². The Kier molecular flexibility index (Phi) is 3.21. The third-order valence-corrected chi connectivity index (χ3v) is 3.73. The van der Waals surface area contributed by atoms with Crippen molar-refractivity contribution in [1.29, 1.82) is 0 Å². The second-order valence-electron chi connectivity index (χ2n) is 5.03. The van der Waals surface area contributed by atoms with Crippen molar-refractivity contribution in [2.24, 2.45) is 0 Å². The van der Waals surface area contributed by atoms with Crippen LogP contribution in [0, 0.1) is 0 Å². The molecule has 0 saturated heterocycles. The summed E-state index contributed by atoms with van der Waals surface area (Å²) >= 11 is 0. The maximum absolute atomic E-state index is 12.3. The minimum Gasteiger partial charge on any atom is -0.391 e. The van der Waals surface area contributed by atoms with E-state index in [1.165, 1.54) is 0 Å². The molecular formula is C14H17N3O2. The number of pyridine rings is 1. The number of aromatic amines is 1. The Labute approximate surface area is 111 Å². The van der Waals surface area contributed by atoms with Gasteiger partial charge in [-0.05, 0) is 25.0 Å². The first-order valence-corrected chi connectivity index (χ1v) is 6.67. The van der Waals surface area contributed by atoms with Crippen LogP contribution in [0.5, 0.6) is 0 Å². The molecule has 1 amide bonds. The normalized spacial score (nSPS) is 23.4. The average Bonchev–Trinajstić information content (AvgIpc) is 2.85. The van der Waals surface area contributed by atoms with E-state index in [2.05, 4.69) is 15.3 Å². The number of carbonyl (C=O) groups excluding carboxylic acids is 1. The molecule has 1 fully saturated rings. The molecule has 0 aliphatic heterocycles. The van der Waals surface area contributed by atoms with Crippen LogP contribution in [-0.2, 0) is 0 Å². The van der Waals surface area contributed by atoms with Crippen LogP contribution in [0.1, 0.15) is 36.0 Å². The van der Waals surface area contributed by atoms with Crippen molar-refractivity contribution in [3.63, 3.8) is 0 Å². The standard InChI is InChI=1S/C14H17N3O2/c18-12-6-2-1-4-10(12)17-14(19)9-8-16-11-5-3-7-15-13(9)11/h3,5,7-8,10,12,16,18H,1-2,4,6H2,(H,17,19)/t10-,12-/m1/s1. The van der Waals surface area contributed by atoms with Gasteiger partial charge in [0.25, 0.3) is 5.91 Å². The number of amides is 1. The number of rotatable bonds is 2. The Balaban J connectivity index is 1.80. The summed E-state index contributed by atoms with van der Waals surface area (Å²) in [7, 11) is 0. The lowest BCUT2D eigenvalue weighted by atomic mass is 9.92. The maximum Gasteiger partial charge on any atom is 0.255 e. The van der Waals surface area contributed by atoms with Gasteiger partial charge < -0.3 is 15.4 Å². The first kappa shape index (κ1) is 12.2. The summed E-state index contributed by atoms with van der Waals surface area (Å²) < 4.78 is 0. The lowest BCUT2D eigenvalue weighted by Crippen LogP contribution is -2.45. The molecule has 1 saturated carbocycles. The van der Waals surface area contributed by atoms with Gasteiger partial charge in [-0.1, -0.05) is 12.8 Å². The zero-order valence-corrected chi connectivity index (χ0v) is 10.6. The molecule has 2 heterocycles. The van der Waals surface area contributed by atoms with Gasteiger partial charge in [-0.3, -0.25) is 9.78 Å². The molecule has 2 aromatic heterocycles. The smallest absolute Gasteiger partial charge is 0.255 e. The van der Waals surface area contributed by atoms with Crippen LogP contribution in [0.15, 0.2) is 24.5 Å². The minimum atomic E-state index is -0.434. The maximum atomic E-state index is 12.3. The van der Waals surface area contributed by atoms with Crippen molar-refractivity contribution in [1.82, 2.24) is 15.3 Å².